The third-order valence-corrected chi connectivity index (χ3v) is 2.15. The molecule has 86 valence electrons. The van der Waals surface area contributed by atoms with Gasteiger partial charge in [0, 0.05) is 11.7 Å². The molecule has 1 aromatic rings. The summed E-state index contributed by atoms with van der Waals surface area (Å²) in [6.45, 7) is 3.05. The summed E-state index contributed by atoms with van der Waals surface area (Å²) in [6.07, 6.45) is 1.24. The van der Waals surface area contributed by atoms with Crippen LogP contribution in [0, 0.1) is 24.0 Å². The Morgan fingerprint density at radius 2 is 2.25 bits per heavy atom. The van der Waals surface area contributed by atoms with Gasteiger partial charge in [-0.15, -0.1) is 0 Å². The largest absolute Gasteiger partial charge is 0.428 e. The van der Waals surface area contributed by atoms with E-state index in [1.807, 2.05) is 0 Å². The smallest absolute Gasteiger partial charge is 0.317 e. The second-order valence-corrected chi connectivity index (χ2v) is 3.33. The van der Waals surface area contributed by atoms with Crippen molar-refractivity contribution in [3.63, 3.8) is 0 Å². The molecule has 7 heteroatoms. The van der Waals surface area contributed by atoms with Crippen molar-refractivity contribution in [2.75, 3.05) is 0 Å². The summed E-state index contributed by atoms with van der Waals surface area (Å²) >= 11 is 5.30. The lowest BCUT2D eigenvalue weighted by Gasteiger charge is -2.06. The highest BCUT2D eigenvalue weighted by Crippen LogP contribution is 2.12. The maximum atomic E-state index is 10.8. The van der Waals surface area contributed by atoms with Gasteiger partial charge >= 0.3 is 5.69 Å². The van der Waals surface area contributed by atoms with Crippen LogP contribution in [0.15, 0.2) is 22.8 Å². The standard InChI is InChI=1S/C9H10ClN3O3/c1-6-5-8(11-4-3-10)9(13(15)16)7(2)12(6)14/h3-5,14H,1-2H3. The highest BCUT2D eigenvalue weighted by atomic mass is 35.5. The van der Waals surface area contributed by atoms with Crippen molar-refractivity contribution >= 4 is 17.3 Å². The molecule has 1 N–H and O–H groups in total. The molecular formula is C9H10ClN3O3. The minimum absolute atomic E-state index is 0.117. The molecule has 16 heavy (non-hydrogen) atoms. The van der Waals surface area contributed by atoms with Gasteiger partial charge in [-0.2, -0.15) is 4.73 Å². The molecule has 0 atom stereocenters. The van der Waals surface area contributed by atoms with Gasteiger partial charge in [0.1, 0.15) is 11.1 Å². The van der Waals surface area contributed by atoms with Crippen molar-refractivity contribution in [1.29, 1.82) is 0 Å². The van der Waals surface area contributed by atoms with Crippen LogP contribution in [0.2, 0.25) is 0 Å². The number of aryl methyl sites for hydroxylation is 1. The number of hydrogen-bond donors (Lipinski definition) is 1. The van der Waals surface area contributed by atoms with Gasteiger partial charge in [-0.1, -0.05) is 11.6 Å². The summed E-state index contributed by atoms with van der Waals surface area (Å²) in [4.78, 5) is 14.1. The molecule has 1 aromatic heterocycles. The van der Waals surface area contributed by atoms with Crippen molar-refractivity contribution in [2.45, 2.75) is 13.8 Å². The van der Waals surface area contributed by atoms with E-state index in [-0.39, 0.29) is 16.7 Å². The lowest BCUT2D eigenvalue weighted by atomic mass is 10.2. The molecule has 1 rings (SSSR count). The highest BCUT2D eigenvalue weighted by molar-refractivity contribution is 6.25. The molecule has 0 aromatic carbocycles. The second kappa shape index (κ2) is 4.80. The van der Waals surface area contributed by atoms with E-state index in [0.29, 0.717) is 5.69 Å². The molecule has 0 saturated carbocycles. The van der Waals surface area contributed by atoms with Crippen molar-refractivity contribution < 1.29 is 10.1 Å². The molecular weight excluding hydrogens is 234 g/mol. The fourth-order valence-corrected chi connectivity index (χ4v) is 1.37. The Kier molecular flexibility index (Phi) is 3.68. The van der Waals surface area contributed by atoms with Gasteiger partial charge in [0.15, 0.2) is 0 Å². The van der Waals surface area contributed by atoms with E-state index in [9.17, 15) is 15.3 Å². The number of nitrogens with zero attached hydrogens (tertiary/aromatic N) is 3. The summed E-state index contributed by atoms with van der Waals surface area (Å²) in [5.41, 5.74) is 1.47. The van der Waals surface area contributed by atoms with Crippen molar-refractivity contribution in [3.8, 4) is 0 Å². The van der Waals surface area contributed by atoms with Crippen LogP contribution in [0.3, 0.4) is 0 Å². The molecule has 0 aliphatic rings. The molecule has 0 aliphatic heterocycles. The Bertz CT molecular complexity index is 519. The molecule has 0 spiro atoms. The predicted octanol–water partition coefficient (Wildman–Crippen LogP) is 1.86. The van der Waals surface area contributed by atoms with Crippen LogP contribution >= 0.6 is 11.6 Å². The van der Waals surface area contributed by atoms with Crippen LogP contribution in [-0.2, 0) is 0 Å². The van der Waals surface area contributed by atoms with Crippen molar-refractivity contribution in [1.82, 2.24) is 4.73 Å². The van der Waals surface area contributed by atoms with Crippen molar-refractivity contribution in [2.24, 2.45) is 4.99 Å². The van der Waals surface area contributed by atoms with Gasteiger partial charge < -0.3 is 5.21 Å². The number of pyridine rings is 1. The first-order chi connectivity index (χ1) is 7.49. The topological polar surface area (TPSA) is 80.7 Å². The highest BCUT2D eigenvalue weighted by Gasteiger charge is 2.18. The monoisotopic (exact) mass is 243 g/mol. The Balaban J connectivity index is 3.67. The molecule has 0 unspecified atom stereocenters. The normalized spacial score (nSPS) is 12.3. The number of hydrogen-bond acceptors (Lipinski definition) is 4. The minimum atomic E-state index is -0.595. The Morgan fingerprint density at radius 3 is 2.75 bits per heavy atom. The first-order valence-electron chi connectivity index (χ1n) is 4.35. The van der Waals surface area contributed by atoms with Gasteiger partial charge in [-0.05, 0) is 19.9 Å². The molecule has 0 bridgehead atoms. The van der Waals surface area contributed by atoms with E-state index in [1.54, 1.807) is 6.92 Å². The van der Waals surface area contributed by atoms with Crippen LogP contribution in [0.5, 0.6) is 0 Å². The predicted molar refractivity (Wildman–Crippen MR) is 58.3 cm³/mol. The van der Waals surface area contributed by atoms with E-state index in [0.717, 1.165) is 10.3 Å². The van der Waals surface area contributed by atoms with Crippen LogP contribution in [0.4, 0.5) is 5.69 Å². The van der Waals surface area contributed by atoms with Gasteiger partial charge in [-0.3, -0.25) is 10.1 Å². The molecule has 0 saturated heterocycles. The van der Waals surface area contributed by atoms with E-state index in [1.165, 1.54) is 19.2 Å². The van der Waals surface area contributed by atoms with E-state index >= 15 is 0 Å². The van der Waals surface area contributed by atoms with Crippen LogP contribution in [0.25, 0.3) is 0 Å². The summed E-state index contributed by atoms with van der Waals surface area (Å²) in [6, 6.07) is 1.40. The van der Waals surface area contributed by atoms with Crippen LogP contribution in [-0.4, -0.2) is 14.9 Å². The maximum absolute atomic E-state index is 10.8. The Hall–Kier alpha value is -1.82. The number of halogens is 1. The van der Waals surface area contributed by atoms with Gasteiger partial charge in [0.05, 0.1) is 10.6 Å². The van der Waals surface area contributed by atoms with Gasteiger partial charge in [0.2, 0.25) is 0 Å². The van der Waals surface area contributed by atoms with Crippen LogP contribution < -0.4 is 5.36 Å². The zero-order valence-electron chi connectivity index (χ0n) is 8.72. The summed E-state index contributed by atoms with van der Waals surface area (Å²) < 4.78 is 0.752. The average molecular weight is 244 g/mol. The first-order valence-corrected chi connectivity index (χ1v) is 4.78. The first kappa shape index (κ1) is 12.3. The number of nitro groups is 1. The van der Waals surface area contributed by atoms with Gasteiger partial charge in [0.25, 0.3) is 0 Å². The quantitative estimate of drug-likeness (QED) is 0.489. The second-order valence-electron chi connectivity index (χ2n) is 3.08. The zero-order valence-corrected chi connectivity index (χ0v) is 9.47. The average Bonchev–Trinajstić information content (AvgIpc) is 2.22. The fourth-order valence-electron chi connectivity index (χ4n) is 1.31. The lowest BCUT2D eigenvalue weighted by molar-refractivity contribution is -0.387. The summed E-state index contributed by atoms with van der Waals surface area (Å²) in [5, 5.41) is 20.5. The van der Waals surface area contributed by atoms with E-state index < -0.39 is 4.92 Å². The van der Waals surface area contributed by atoms with Crippen molar-refractivity contribution in [3.05, 3.63) is 44.7 Å². The summed E-state index contributed by atoms with van der Waals surface area (Å²) in [5.74, 6) is 0. The molecule has 0 radical (unpaired) electrons. The molecule has 6 nitrogen and oxygen atoms in total. The number of aromatic nitrogens is 1. The molecule has 0 fully saturated rings. The third kappa shape index (κ3) is 2.22. The Labute approximate surface area is 96.2 Å². The zero-order chi connectivity index (χ0) is 12.3. The maximum Gasteiger partial charge on any atom is 0.317 e. The molecule has 0 aliphatic carbocycles. The fraction of sp³-hybridized carbons (Fsp3) is 0.222. The van der Waals surface area contributed by atoms with Crippen LogP contribution in [0.1, 0.15) is 11.4 Å². The lowest BCUT2D eigenvalue weighted by Crippen LogP contribution is -2.17. The van der Waals surface area contributed by atoms with Gasteiger partial charge in [-0.25, -0.2) is 4.99 Å². The minimum Gasteiger partial charge on any atom is -0.428 e. The third-order valence-electron chi connectivity index (χ3n) is 2.04. The van der Waals surface area contributed by atoms with E-state index in [4.69, 9.17) is 11.6 Å². The summed E-state index contributed by atoms with van der Waals surface area (Å²) in [7, 11) is 0. The number of rotatable bonds is 2. The Morgan fingerprint density at radius 1 is 1.62 bits per heavy atom. The SMILES string of the molecule is Cc1cc(=NC=CCl)c([N+](=O)[O-])c(C)n1O. The molecule has 1 heterocycles. The van der Waals surface area contributed by atoms with E-state index in [2.05, 4.69) is 4.99 Å². The molecule has 0 amide bonds.